The fourth-order valence-electron chi connectivity index (χ4n) is 3.11. The molecule has 2 heteroatoms. The lowest BCUT2D eigenvalue weighted by atomic mass is 9.97. The lowest BCUT2D eigenvalue weighted by Gasteiger charge is -2.35. The Balaban J connectivity index is 2.41. The molecule has 1 rings (SSSR count). The number of hydrogen-bond donors (Lipinski definition) is 1. The molecule has 0 aromatic carbocycles. The minimum Gasteiger partial charge on any atom is -0.313 e. The van der Waals surface area contributed by atoms with Crippen molar-refractivity contribution in [1.29, 1.82) is 0 Å². The largest absolute Gasteiger partial charge is 0.313 e. The molecule has 0 aromatic heterocycles. The number of hydrogen-bond acceptors (Lipinski definition) is 2. The summed E-state index contributed by atoms with van der Waals surface area (Å²) in [6.45, 7) is 13.2. The van der Waals surface area contributed by atoms with Crippen LogP contribution in [0.4, 0.5) is 0 Å². The van der Waals surface area contributed by atoms with Crippen LogP contribution in [0.1, 0.15) is 72.6 Å². The van der Waals surface area contributed by atoms with Gasteiger partial charge in [-0.15, -0.1) is 0 Å². The molecule has 0 aliphatic carbocycles. The van der Waals surface area contributed by atoms with Crippen molar-refractivity contribution in [2.45, 2.75) is 84.7 Å². The van der Waals surface area contributed by atoms with Crippen LogP contribution < -0.4 is 5.32 Å². The lowest BCUT2D eigenvalue weighted by molar-refractivity contribution is 0.152. The van der Waals surface area contributed by atoms with Gasteiger partial charge in [-0.3, -0.25) is 4.90 Å². The Labute approximate surface area is 121 Å². The van der Waals surface area contributed by atoms with E-state index in [2.05, 4.69) is 37.9 Å². The molecular weight excluding hydrogens is 232 g/mol. The molecule has 1 aliphatic heterocycles. The van der Waals surface area contributed by atoms with Gasteiger partial charge in [0.05, 0.1) is 0 Å². The van der Waals surface area contributed by atoms with Gasteiger partial charge in [0.25, 0.3) is 0 Å². The summed E-state index contributed by atoms with van der Waals surface area (Å²) in [7, 11) is 0. The number of nitrogens with zero attached hydrogens (tertiary/aromatic N) is 1. The van der Waals surface area contributed by atoms with Crippen molar-refractivity contribution in [3.8, 4) is 0 Å². The second kappa shape index (κ2) is 9.77. The fourth-order valence-corrected chi connectivity index (χ4v) is 3.11. The van der Waals surface area contributed by atoms with Crippen molar-refractivity contribution in [3.63, 3.8) is 0 Å². The van der Waals surface area contributed by atoms with Gasteiger partial charge < -0.3 is 5.32 Å². The molecule has 2 nitrogen and oxygen atoms in total. The zero-order valence-corrected chi connectivity index (χ0v) is 13.8. The topological polar surface area (TPSA) is 15.3 Å². The van der Waals surface area contributed by atoms with E-state index in [4.69, 9.17) is 0 Å². The van der Waals surface area contributed by atoms with Gasteiger partial charge in [-0.2, -0.15) is 0 Å². The van der Waals surface area contributed by atoms with Gasteiger partial charge in [0.2, 0.25) is 0 Å². The molecule has 2 unspecified atom stereocenters. The normalized spacial score (nSPS) is 22.1. The molecule has 1 saturated heterocycles. The first-order valence-electron chi connectivity index (χ1n) is 8.64. The number of rotatable bonds is 9. The summed E-state index contributed by atoms with van der Waals surface area (Å²) in [5.41, 5.74) is 0. The van der Waals surface area contributed by atoms with Crippen molar-refractivity contribution in [2.75, 3.05) is 19.6 Å². The maximum absolute atomic E-state index is 3.70. The zero-order valence-electron chi connectivity index (χ0n) is 13.8. The smallest absolute Gasteiger partial charge is 0.0195 e. The van der Waals surface area contributed by atoms with E-state index < -0.39 is 0 Å². The van der Waals surface area contributed by atoms with Gasteiger partial charge in [0.1, 0.15) is 0 Å². The summed E-state index contributed by atoms with van der Waals surface area (Å²) >= 11 is 0. The SMILES string of the molecule is CCCCC(CC)CN(CC1CCCCN1)C(C)C. The molecule has 2 atom stereocenters. The first-order chi connectivity index (χ1) is 9.17. The zero-order chi connectivity index (χ0) is 14.1. The van der Waals surface area contributed by atoms with Gasteiger partial charge in [-0.05, 0) is 45.6 Å². The van der Waals surface area contributed by atoms with Gasteiger partial charge in [-0.1, -0.05) is 39.5 Å². The van der Waals surface area contributed by atoms with E-state index in [0.717, 1.165) is 12.0 Å². The molecule has 0 aromatic rings. The molecule has 0 radical (unpaired) electrons. The monoisotopic (exact) mass is 268 g/mol. The van der Waals surface area contributed by atoms with E-state index in [0.29, 0.717) is 6.04 Å². The number of nitrogens with one attached hydrogen (secondary N) is 1. The quantitative estimate of drug-likeness (QED) is 0.678. The minimum absolute atomic E-state index is 0.680. The average Bonchev–Trinajstić information content (AvgIpc) is 2.43. The Morgan fingerprint density at radius 1 is 1.21 bits per heavy atom. The Kier molecular flexibility index (Phi) is 8.72. The van der Waals surface area contributed by atoms with Gasteiger partial charge in [0, 0.05) is 25.2 Å². The second-order valence-corrected chi connectivity index (χ2v) is 6.61. The van der Waals surface area contributed by atoms with E-state index in [1.807, 2.05) is 0 Å². The third-order valence-electron chi connectivity index (χ3n) is 4.63. The van der Waals surface area contributed by atoms with E-state index >= 15 is 0 Å². The van der Waals surface area contributed by atoms with Crippen LogP contribution >= 0.6 is 0 Å². The molecule has 1 heterocycles. The molecule has 0 saturated carbocycles. The summed E-state index contributed by atoms with van der Waals surface area (Å²) < 4.78 is 0. The first kappa shape index (κ1) is 17.0. The maximum atomic E-state index is 3.70. The summed E-state index contributed by atoms with van der Waals surface area (Å²) in [6.07, 6.45) is 9.63. The molecular formula is C17H36N2. The Morgan fingerprint density at radius 2 is 2.00 bits per heavy atom. The number of unbranched alkanes of at least 4 members (excludes halogenated alkanes) is 1. The maximum Gasteiger partial charge on any atom is 0.0195 e. The van der Waals surface area contributed by atoms with Crippen molar-refractivity contribution in [2.24, 2.45) is 5.92 Å². The summed E-state index contributed by atoms with van der Waals surface area (Å²) in [5, 5.41) is 3.70. The van der Waals surface area contributed by atoms with Crippen LogP contribution in [0.2, 0.25) is 0 Å². The molecule has 1 aliphatic rings. The molecule has 0 bridgehead atoms. The predicted molar refractivity (Wildman–Crippen MR) is 85.7 cm³/mol. The van der Waals surface area contributed by atoms with E-state index in [9.17, 15) is 0 Å². The highest BCUT2D eigenvalue weighted by Gasteiger charge is 2.20. The van der Waals surface area contributed by atoms with Gasteiger partial charge in [0.15, 0.2) is 0 Å². The van der Waals surface area contributed by atoms with Gasteiger partial charge in [-0.25, -0.2) is 0 Å². The lowest BCUT2D eigenvalue weighted by Crippen LogP contribution is -2.47. The summed E-state index contributed by atoms with van der Waals surface area (Å²) in [6, 6.07) is 1.42. The second-order valence-electron chi connectivity index (χ2n) is 6.61. The van der Waals surface area contributed by atoms with Crippen LogP contribution in [0.25, 0.3) is 0 Å². The number of piperidine rings is 1. The van der Waals surface area contributed by atoms with Gasteiger partial charge >= 0.3 is 0 Å². The average molecular weight is 268 g/mol. The van der Waals surface area contributed by atoms with E-state index in [1.54, 1.807) is 0 Å². The first-order valence-corrected chi connectivity index (χ1v) is 8.64. The standard InChI is InChI=1S/C17H36N2/c1-5-7-10-16(6-2)13-19(15(3)4)14-17-11-8-9-12-18-17/h15-18H,5-14H2,1-4H3. The molecule has 114 valence electrons. The predicted octanol–water partition coefficient (Wildman–Crippen LogP) is 4.06. The third-order valence-corrected chi connectivity index (χ3v) is 4.63. The van der Waals surface area contributed by atoms with Crippen LogP contribution in [-0.4, -0.2) is 36.6 Å². The molecule has 19 heavy (non-hydrogen) atoms. The van der Waals surface area contributed by atoms with E-state index in [-0.39, 0.29) is 0 Å². The highest BCUT2D eigenvalue weighted by molar-refractivity contribution is 4.79. The minimum atomic E-state index is 0.680. The highest BCUT2D eigenvalue weighted by Crippen LogP contribution is 2.17. The molecule has 1 N–H and O–H groups in total. The molecule has 1 fully saturated rings. The van der Waals surface area contributed by atoms with Crippen molar-refractivity contribution in [3.05, 3.63) is 0 Å². The Morgan fingerprint density at radius 3 is 2.53 bits per heavy atom. The summed E-state index contributed by atoms with van der Waals surface area (Å²) in [5.74, 6) is 0.894. The van der Waals surface area contributed by atoms with Crippen molar-refractivity contribution >= 4 is 0 Å². The van der Waals surface area contributed by atoms with Crippen molar-refractivity contribution < 1.29 is 0 Å². The third kappa shape index (κ3) is 6.76. The highest BCUT2D eigenvalue weighted by atomic mass is 15.2. The molecule has 0 amide bonds. The van der Waals surface area contributed by atoms with Crippen molar-refractivity contribution in [1.82, 2.24) is 10.2 Å². The van der Waals surface area contributed by atoms with Crippen LogP contribution in [0.15, 0.2) is 0 Å². The van der Waals surface area contributed by atoms with Crippen LogP contribution in [0, 0.1) is 5.92 Å². The molecule has 0 spiro atoms. The Bertz CT molecular complexity index is 209. The summed E-state index contributed by atoms with van der Waals surface area (Å²) in [4.78, 5) is 2.72. The van der Waals surface area contributed by atoms with Crippen LogP contribution in [0.5, 0.6) is 0 Å². The fraction of sp³-hybridized carbons (Fsp3) is 1.00. The van der Waals surface area contributed by atoms with Crippen LogP contribution in [-0.2, 0) is 0 Å². The van der Waals surface area contributed by atoms with Crippen LogP contribution in [0.3, 0.4) is 0 Å². The van der Waals surface area contributed by atoms with E-state index in [1.165, 1.54) is 64.6 Å². The Hall–Kier alpha value is -0.0800.